The van der Waals surface area contributed by atoms with Gasteiger partial charge in [0.05, 0.1) is 0 Å². The lowest BCUT2D eigenvalue weighted by Crippen LogP contribution is -2.40. The van der Waals surface area contributed by atoms with Crippen LogP contribution >= 0.6 is 0 Å². The molecule has 1 unspecified atom stereocenters. The Bertz CT molecular complexity index is 348. The molecule has 2 aliphatic rings. The van der Waals surface area contributed by atoms with E-state index < -0.39 is 0 Å². The van der Waals surface area contributed by atoms with E-state index in [0.29, 0.717) is 12.1 Å². The van der Waals surface area contributed by atoms with E-state index in [0.717, 1.165) is 13.1 Å². The molecule has 3 atom stereocenters. The molecule has 2 saturated heterocycles. The highest BCUT2D eigenvalue weighted by Crippen LogP contribution is 2.27. The van der Waals surface area contributed by atoms with Crippen molar-refractivity contribution in [3.8, 4) is 0 Å². The van der Waals surface area contributed by atoms with Crippen molar-refractivity contribution in [2.24, 2.45) is 0 Å². The van der Waals surface area contributed by atoms with Crippen LogP contribution in [0.3, 0.4) is 0 Å². The van der Waals surface area contributed by atoms with Crippen molar-refractivity contribution >= 4 is 0 Å². The fraction of sp³-hybridized carbons (Fsp3) is 0.571. The zero-order valence-electron chi connectivity index (χ0n) is 10.1. The number of hydrogen-bond donors (Lipinski definition) is 2. The van der Waals surface area contributed by atoms with Crippen LogP contribution in [0.2, 0.25) is 0 Å². The molecule has 1 aromatic carbocycles. The maximum Gasteiger partial charge on any atom is 0.137 e. The third kappa shape index (κ3) is 2.86. The number of epoxide rings is 1. The van der Waals surface area contributed by atoms with Gasteiger partial charge in [-0.15, -0.1) is 0 Å². The summed E-state index contributed by atoms with van der Waals surface area (Å²) in [6.07, 6.45) is 4.55. The number of hydrogen-bond acceptors (Lipinski definition) is 3. The molecule has 2 aliphatic heterocycles. The number of piperidine rings is 1. The SMILES string of the molecule is c1ccc(CN[C@H]2OC2[C@@H]2CCCCN2)cc1. The summed E-state index contributed by atoms with van der Waals surface area (Å²) in [5, 5.41) is 7.00. The normalized spacial score (nSPS) is 32.4. The first kappa shape index (κ1) is 11.2. The van der Waals surface area contributed by atoms with Crippen LogP contribution in [-0.2, 0) is 11.3 Å². The second-order valence-corrected chi connectivity index (χ2v) is 4.94. The maximum atomic E-state index is 5.70. The van der Waals surface area contributed by atoms with Gasteiger partial charge in [-0.3, -0.25) is 5.32 Å². The highest BCUT2D eigenvalue weighted by Gasteiger charge is 2.44. The van der Waals surface area contributed by atoms with Gasteiger partial charge in [-0.25, -0.2) is 0 Å². The summed E-state index contributed by atoms with van der Waals surface area (Å²) in [6.45, 7) is 2.05. The van der Waals surface area contributed by atoms with E-state index in [4.69, 9.17) is 4.74 Å². The van der Waals surface area contributed by atoms with Crippen molar-refractivity contribution in [1.82, 2.24) is 10.6 Å². The summed E-state index contributed by atoms with van der Waals surface area (Å²) in [5.41, 5.74) is 1.32. The average molecular weight is 232 g/mol. The van der Waals surface area contributed by atoms with Crippen molar-refractivity contribution in [3.63, 3.8) is 0 Å². The highest BCUT2D eigenvalue weighted by atomic mass is 16.6. The third-order valence-electron chi connectivity index (χ3n) is 3.62. The third-order valence-corrected chi connectivity index (χ3v) is 3.62. The van der Waals surface area contributed by atoms with Gasteiger partial charge in [0.25, 0.3) is 0 Å². The van der Waals surface area contributed by atoms with E-state index in [-0.39, 0.29) is 6.23 Å². The summed E-state index contributed by atoms with van der Waals surface area (Å²) in [6, 6.07) is 11.0. The molecule has 1 aromatic rings. The number of rotatable bonds is 4. The zero-order valence-corrected chi connectivity index (χ0v) is 10.1. The largest absolute Gasteiger partial charge is 0.352 e. The molecule has 0 aliphatic carbocycles. The molecule has 3 rings (SSSR count). The van der Waals surface area contributed by atoms with E-state index in [9.17, 15) is 0 Å². The minimum atomic E-state index is 0.255. The molecule has 2 N–H and O–H groups in total. The van der Waals surface area contributed by atoms with E-state index in [2.05, 4.69) is 34.9 Å². The quantitative estimate of drug-likeness (QED) is 0.775. The smallest absolute Gasteiger partial charge is 0.137 e. The molecule has 0 spiro atoms. The topological polar surface area (TPSA) is 36.6 Å². The Kier molecular flexibility index (Phi) is 3.41. The van der Waals surface area contributed by atoms with E-state index in [1.807, 2.05) is 6.07 Å². The first-order valence-electron chi connectivity index (χ1n) is 6.60. The van der Waals surface area contributed by atoms with E-state index in [1.54, 1.807) is 0 Å². The van der Waals surface area contributed by atoms with Crippen LogP contribution in [0.1, 0.15) is 24.8 Å². The zero-order chi connectivity index (χ0) is 11.5. The summed E-state index contributed by atoms with van der Waals surface area (Å²) in [5.74, 6) is 0. The van der Waals surface area contributed by atoms with Crippen LogP contribution in [-0.4, -0.2) is 24.9 Å². The van der Waals surface area contributed by atoms with Crippen LogP contribution < -0.4 is 10.6 Å². The van der Waals surface area contributed by atoms with Crippen molar-refractivity contribution in [3.05, 3.63) is 35.9 Å². The van der Waals surface area contributed by atoms with Gasteiger partial charge >= 0.3 is 0 Å². The van der Waals surface area contributed by atoms with Crippen LogP contribution in [0.4, 0.5) is 0 Å². The molecular formula is C14H20N2O. The fourth-order valence-electron chi connectivity index (χ4n) is 2.57. The number of benzene rings is 1. The van der Waals surface area contributed by atoms with Gasteiger partial charge < -0.3 is 10.1 Å². The first-order valence-corrected chi connectivity index (χ1v) is 6.60. The van der Waals surface area contributed by atoms with E-state index in [1.165, 1.54) is 24.8 Å². The van der Waals surface area contributed by atoms with Gasteiger partial charge in [0.1, 0.15) is 12.3 Å². The molecule has 0 amide bonds. The van der Waals surface area contributed by atoms with Gasteiger partial charge in [0, 0.05) is 12.6 Å². The molecule has 17 heavy (non-hydrogen) atoms. The van der Waals surface area contributed by atoms with Gasteiger partial charge in [0.2, 0.25) is 0 Å². The fourth-order valence-corrected chi connectivity index (χ4v) is 2.57. The molecule has 92 valence electrons. The summed E-state index contributed by atoms with van der Waals surface area (Å²) < 4.78 is 5.70. The van der Waals surface area contributed by atoms with Gasteiger partial charge in [0.15, 0.2) is 0 Å². The maximum absolute atomic E-state index is 5.70. The molecule has 3 nitrogen and oxygen atoms in total. The standard InChI is InChI=1S/C14H20N2O/c1-2-6-11(7-3-1)10-16-14-13(17-14)12-8-4-5-9-15-12/h1-3,6-7,12-16H,4-5,8-10H2/t12-,13?,14-/m0/s1. The van der Waals surface area contributed by atoms with Crippen molar-refractivity contribution < 1.29 is 4.74 Å². The molecule has 0 aromatic heterocycles. The predicted molar refractivity (Wildman–Crippen MR) is 67.6 cm³/mol. The summed E-state index contributed by atoms with van der Waals surface area (Å²) >= 11 is 0. The second kappa shape index (κ2) is 5.17. The monoisotopic (exact) mass is 232 g/mol. The molecular weight excluding hydrogens is 212 g/mol. The second-order valence-electron chi connectivity index (χ2n) is 4.94. The molecule has 0 saturated carbocycles. The lowest BCUT2D eigenvalue weighted by Gasteiger charge is -2.21. The highest BCUT2D eigenvalue weighted by molar-refractivity contribution is 5.14. The van der Waals surface area contributed by atoms with Crippen LogP contribution in [0.25, 0.3) is 0 Å². The first-order chi connectivity index (χ1) is 8.43. The summed E-state index contributed by atoms with van der Waals surface area (Å²) in [4.78, 5) is 0. The molecule has 3 heteroatoms. The van der Waals surface area contributed by atoms with Crippen molar-refractivity contribution in [2.75, 3.05) is 6.54 Å². The molecule has 2 fully saturated rings. The van der Waals surface area contributed by atoms with Crippen LogP contribution in [0.5, 0.6) is 0 Å². The van der Waals surface area contributed by atoms with Gasteiger partial charge in [-0.1, -0.05) is 36.8 Å². The van der Waals surface area contributed by atoms with Gasteiger partial charge in [-0.2, -0.15) is 0 Å². The molecule has 0 bridgehead atoms. The van der Waals surface area contributed by atoms with Crippen molar-refractivity contribution in [2.45, 2.75) is 44.2 Å². The molecule has 0 radical (unpaired) electrons. The van der Waals surface area contributed by atoms with Crippen LogP contribution in [0, 0.1) is 0 Å². The lowest BCUT2D eigenvalue weighted by atomic mass is 10.0. The van der Waals surface area contributed by atoms with Crippen LogP contribution in [0.15, 0.2) is 30.3 Å². The van der Waals surface area contributed by atoms with Gasteiger partial charge in [-0.05, 0) is 24.9 Å². The Morgan fingerprint density at radius 3 is 2.88 bits per heavy atom. The van der Waals surface area contributed by atoms with Crippen molar-refractivity contribution in [1.29, 1.82) is 0 Å². The average Bonchev–Trinajstić information content (AvgIpc) is 3.18. The molecule has 2 heterocycles. The number of nitrogens with one attached hydrogen (secondary N) is 2. The Labute approximate surface area is 103 Å². The Morgan fingerprint density at radius 1 is 1.24 bits per heavy atom. The predicted octanol–water partition coefficient (Wildman–Crippen LogP) is 1.64. The minimum absolute atomic E-state index is 0.255. The summed E-state index contributed by atoms with van der Waals surface area (Å²) in [7, 11) is 0. The Hall–Kier alpha value is -0.900. The Morgan fingerprint density at radius 2 is 2.12 bits per heavy atom. The lowest BCUT2D eigenvalue weighted by molar-refractivity contribution is 0.288. The number of ether oxygens (including phenoxy) is 1. The minimum Gasteiger partial charge on any atom is -0.352 e. The van der Waals surface area contributed by atoms with E-state index >= 15 is 0 Å². The Balaban J connectivity index is 1.43.